The molecular weight excluding hydrogens is 398 g/mol. The molecule has 2 fully saturated rings. The Labute approximate surface area is 190 Å². The zero-order chi connectivity index (χ0) is 21.9. The van der Waals surface area contributed by atoms with Crippen LogP contribution < -0.4 is 4.74 Å². The van der Waals surface area contributed by atoms with Gasteiger partial charge in [0.15, 0.2) is 0 Å². The third kappa shape index (κ3) is 4.38. The molecule has 1 aliphatic heterocycles. The molecule has 0 radical (unpaired) electrons. The number of fused-ring (bicyclic) bond motifs is 1. The molecule has 2 aliphatic rings. The molecule has 1 saturated heterocycles. The average Bonchev–Trinajstić information content (AvgIpc) is 3.38. The molecule has 1 unspecified atom stereocenters. The number of hydrogen-bond donors (Lipinski definition) is 0. The number of para-hydroxylation sites is 2. The minimum Gasteiger partial charge on any atom is -0.494 e. The van der Waals surface area contributed by atoms with Gasteiger partial charge in [-0.15, -0.1) is 0 Å². The van der Waals surface area contributed by atoms with Crippen LogP contribution in [0.25, 0.3) is 11.0 Å². The van der Waals surface area contributed by atoms with E-state index in [-0.39, 0.29) is 5.92 Å². The maximum Gasteiger partial charge on any atom is 0.223 e. The fraction of sp³-hybridized carbons (Fsp3) is 0.481. The van der Waals surface area contributed by atoms with Crippen LogP contribution >= 0.6 is 0 Å². The quantitative estimate of drug-likeness (QED) is 0.467. The van der Waals surface area contributed by atoms with E-state index >= 15 is 0 Å². The van der Waals surface area contributed by atoms with Crippen molar-refractivity contribution in [2.45, 2.75) is 70.4 Å². The Balaban J connectivity index is 1.31. The summed E-state index contributed by atoms with van der Waals surface area (Å²) in [7, 11) is 0. The second-order valence-corrected chi connectivity index (χ2v) is 9.37. The van der Waals surface area contributed by atoms with Gasteiger partial charge in [0, 0.05) is 31.5 Å². The molecule has 5 heteroatoms. The smallest absolute Gasteiger partial charge is 0.223 e. The monoisotopic (exact) mass is 431 g/mol. The van der Waals surface area contributed by atoms with E-state index in [9.17, 15) is 4.79 Å². The molecule has 2 heterocycles. The van der Waals surface area contributed by atoms with E-state index in [1.54, 1.807) is 0 Å². The van der Waals surface area contributed by atoms with Gasteiger partial charge in [-0.2, -0.15) is 0 Å². The molecule has 32 heavy (non-hydrogen) atoms. The maximum atomic E-state index is 12.9. The first-order valence-corrected chi connectivity index (χ1v) is 12.1. The SMILES string of the molecule is Cc1cccc(OCCCn2c(C3CC(=O)N(C4CCCCC4)C3)nc3ccccc32)c1. The van der Waals surface area contributed by atoms with Crippen molar-refractivity contribution in [1.29, 1.82) is 0 Å². The van der Waals surface area contributed by atoms with Gasteiger partial charge in [0.1, 0.15) is 11.6 Å². The summed E-state index contributed by atoms with van der Waals surface area (Å²) in [5, 5.41) is 0. The number of hydrogen-bond acceptors (Lipinski definition) is 3. The molecule has 5 nitrogen and oxygen atoms in total. The third-order valence-corrected chi connectivity index (χ3v) is 7.01. The number of carbonyl (C=O) groups excluding carboxylic acids is 1. The van der Waals surface area contributed by atoms with Gasteiger partial charge in [0.25, 0.3) is 0 Å². The number of ether oxygens (including phenoxy) is 1. The summed E-state index contributed by atoms with van der Waals surface area (Å²) in [5.41, 5.74) is 3.38. The number of aromatic nitrogens is 2. The van der Waals surface area contributed by atoms with Gasteiger partial charge < -0.3 is 14.2 Å². The number of nitrogens with zero attached hydrogens (tertiary/aromatic N) is 3. The highest BCUT2D eigenvalue weighted by Crippen LogP contribution is 2.34. The fourth-order valence-electron chi connectivity index (χ4n) is 5.41. The van der Waals surface area contributed by atoms with Crippen LogP contribution in [0.5, 0.6) is 5.75 Å². The molecular formula is C27H33N3O2. The van der Waals surface area contributed by atoms with Crippen LogP contribution in [0.4, 0.5) is 0 Å². The minimum absolute atomic E-state index is 0.175. The Morgan fingerprint density at radius 3 is 2.75 bits per heavy atom. The number of rotatable bonds is 7. The van der Waals surface area contributed by atoms with Gasteiger partial charge in [0.05, 0.1) is 17.6 Å². The Kier molecular flexibility index (Phi) is 6.15. The van der Waals surface area contributed by atoms with Crippen molar-refractivity contribution in [3.05, 3.63) is 59.9 Å². The van der Waals surface area contributed by atoms with Crippen LogP contribution in [0, 0.1) is 6.92 Å². The normalized spacial score (nSPS) is 19.7. The molecule has 0 N–H and O–H groups in total. The molecule has 0 bridgehead atoms. The van der Waals surface area contributed by atoms with Gasteiger partial charge >= 0.3 is 0 Å². The van der Waals surface area contributed by atoms with Crippen molar-refractivity contribution in [2.75, 3.05) is 13.2 Å². The number of imidazole rings is 1. The standard InChI is InChI=1S/C27H33N3O2/c1-20-9-7-12-23(17-20)32-16-8-15-29-25-14-6-5-13-24(25)28-27(29)21-18-26(31)30(19-21)22-10-3-2-4-11-22/h5-7,9,12-14,17,21-22H,2-4,8,10-11,15-16,18-19H2,1H3. The van der Waals surface area contributed by atoms with Crippen molar-refractivity contribution in [3.8, 4) is 5.75 Å². The lowest BCUT2D eigenvalue weighted by molar-refractivity contribution is -0.130. The lowest BCUT2D eigenvalue weighted by Crippen LogP contribution is -2.37. The molecule has 1 aromatic heterocycles. The van der Waals surface area contributed by atoms with Crippen molar-refractivity contribution < 1.29 is 9.53 Å². The Hall–Kier alpha value is -2.82. The molecule has 2 aromatic carbocycles. The van der Waals surface area contributed by atoms with Crippen molar-refractivity contribution in [1.82, 2.24) is 14.5 Å². The molecule has 1 atom stereocenters. The number of aryl methyl sites for hydroxylation is 2. The van der Waals surface area contributed by atoms with Gasteiger partial charge in [-0.25, -0.2) is 4.98 Å². The first-order chi connectivity index (χ1) is 15.7. The summed E-state index contributed by atoms with van der Waals surface area (Å²) < 4.78 is 8.31. The van der Waals surface area contributed by atoms with E-state index < -0.39 is 0 Å². The fourth-order valence-corrected chi connectivity index (χ4v) is 5.41. The van der Waals surface area contributed by atoms with Gasteiger partial charge in [-0.3, -0.25) is 4.79 Å². The Morgan fingerprint density at radius 2 is 1.91 bits per heavy atom. The minimum atomic E-state index is 0.175. The lowest BCUT2D eigenvalue weighted by Gasteiger charge is -2.31. The van der Waals surface area contributed by atoms with Gasteiger partial charge in [0.2, 0.25) is 5.91 Å². The number of carbonyl (C=O) groups is 1. The zero-order valence-corrected chi connectivity index (χ0v) is 19.0. The van der Waals surface area contributed by atoms with Crippen LogP contribution in [0.1, 0.15) is 62.3 Å². The highest BCUT2D eigenvalue weighted by Gasteiger charge is 2.37. The van der Waals surface area contributed by atoms with E-state index in [0.29, 0.717) is 25.0 Å². The molecule has 1 amide bonds. The van der Waals surface area contributed by atoms with Crippen molar-refractivity contribution in [3.63, 3.8) is 0 Å². The zero-order valence-electron chi connectivity index (χ0n) is 19.0. The average molecular weight is 432 g/mol. The summed E-state index contributed by atoms with van der Waals surface area (Å²) in [6.45, 7) is 4.39. The molecule has 0 spiro atoms. The number of amides is 1. The summed E-state index contributed by atoms with van der Waals surface area (Å²) in [5.74, 6) is 2.47. The van der Waals surface area contributed by atoms with E-state index in [4.69, 9.17) is 9.72 Å². The topological polar surface area (TPSA) is 47.4 Å². The highest BCUT2D eigenvalue weighted by atomic mass is 16.5. The second kappa shape index (κ2) is 9.35. The first kappa shape index (κ1) is 21.0. The Morgan fingerprint density at radius 1 is 1.06 bits per heavy atom. The van der Waals surface area contributed by atoms with E-state index in [1.807, 2.05) is 18.2 Å². The van der Waals surface area contributed by atoms with Gasteiger partial charge in [-0.1, -0.05) is 43.5 Å². The van der Waals surface area contributed by atoms with Gasteiger partial charge in [-0.05, 0) is 56.0 Å². The first-order valence-electron chi connectivity index (χ1n) is 12.1. The molecule has 3 aromatic rings. The highest BCUT2D eigenvalue weighted by molar-refractivity contribution is 5.81. The lowest BCUT2D eigenvalue weighted by atomic mass is 9.94. The molecule has 1 aliphatic carbocycles. The summed E-state index contributed by atoms with van der Waals surface area (Å²) in [4.78, 5) is 20.1. The van der Waals surface area contributed by atoms with Crippen molar-refractivity contribution >= 4 is 16.9 Å². The number of likely N-dealkylation sites (tertiary alicyclic amines) is 1. The van der Waals surface area contributed by atoms with E-state index in [2.05, 4.69) is 46.7 Å². The summed E-state index contributed by atoms with van der Waals surface area (Å²) >= 11 is 0. The second-order valence-electron chi connectivity index (χ2n) is 9.37. The van der Waals surface area contributed by atoms with Crippen LogP contribution in [-0.2, 0) is 11.3 Å². The Bertz CT molecular complexity index is 1080. The van der Waals surface area contributed by atoms with E-state index in [1.165, 1.54) is 24.8 Å². The third-order valence-electron chi connectivity index (χ3n) is 7.01. The van der Waals surface area contributed by atoms with E-state index in [0.717, 1.165) is 55.0 Å². The molecule has 168 valence electrons. The summed E-state index contributed by atoms with van der Waals surface area (Å²) in [6, 6.07) is 17.0. The molecule has 1 saturated carbocycles. The number of benzene rings is 2. The van der Waals surface area contributed by atoms with Crippen LogP contribution in [0.3, 0.4) is 0 Å². The predicted molar refractivity (Wildman–Crippen MR) is 127 cm³/mol. The molecule has 5 rings (SSSR count). The summed E-state index contributed by atoms with van der Waals surface area (Å²) in [6.07, 6.45) is 7.60. The predicted octanol–water partition coefficient (Wildman–Crippen LogP) is 5.46. The largest absolute Gasteiger partial charge is 0.494 e. The maximum absolute atomic E-state index is 12.9. The van der Waals surface area contributed by atoms with Crippen LogP contribution in [0.15, 0.2) is 48.5 Å². The van der Waals surface area contributed by atoms with Crippen LogP contribution in [0.2, 0.25) is 0 Å². The van der Waals surface area contributed by atoms with Crippen molar-refractivity contribution in [2.24, 2.45) is 0 Å². The van der Waals surface area contributed by atoms with Crippen LogP contribution in [-0.4, -0.2) is 39.6 Å².